The lowest BCUT2D eigenvalue weighted by Crippen LogP contribution is -2.29. The molecule has 0 nitrogen and oxygen atoms in total. The van der Waals surface area contributed by atoms with Crippen LogP contribution in [-0.4, -0.2) is 5.33 Å². The van der Waals surface area contributed by atoms with Crippen LogP contribution in [0.1, 0.15) is 59.3 Å². The van der Waals surface area contributed by atoms with E-state index in [1.54, 1.807) is 11.1 Å². The van der Waals surface area contributed by atoms with E-state index in [2.05, 4.69) is 36.7 Å². The summed E-state index contributed by atoms with van der Waals surface area (Å²) in [6.45, 7) is 7.23. The van der Waals surface area contributed by atoms with Gasteiger partial charge in [0.15, 0.2) is 0 Å². The van der Waals surface area contributed by atoms with Crippen LogP contribution in [0.4, 0.5) is 0 Å². The summed E-state index contributed by atoms with van der Waals surface area (Å²) in [6, 6.07) is 0. The fourth-order valence-corrected chi connectivity index (χ4v) is 5.08. The highest BCUT2D eigenvalue weighted by Crippen LogP contribution is 2.48. The zero-order valence-electron chi connectivity index (χ0n) is 11.0. The monoisotopic (exact) mass is 284 g/mol. The fourth-order valence-electron chi connectivity index (χ4n) is 3.88. The normalized spacial score (nSPS) is 31.1. The number of hydrogen-bond acceptors (Lipinski definition) is 0. The molecular weight excluding hydrogens is 260 g/mol. The van der Waals surface area contributed by atoms with Gasteiger partial charge in [-0.3, -0.25) is 0 Å². The molecule has 0 amide bonds. The predicted molar refractivity (Wildman–Crippen MR) is 75.0 cm³/mol. The summed E-state index contributed by atoms with van der Waals surface area (Å²) in [6.07, 6.45) is 8.73. The molecule has 16 heavy (non-hydrogen) atoms. The van der Waals surface area contributed by atoms with Crippen molar-refractivity contribution in [1.29, 1.82) is 0 Å². The zero-order valence-corrected chi connectivity index (χ0v) is 12.6. The van der Waals surface area contributed by atoms with Crippen LogP contribution in [0.15, 0.2) is 11.1 Å². The van der Waals surface area contributed by atoms with Crippen molar-refractivity contribution in [3.63, 3.8) is 0 Å². The van der Waals surface area contributed by atoms with Gasteiger partial charge >= 0.3 is 0 Å². The first-order valence-corrected chi connectivity index (χ1v) is 7.94. The van der Waals surface area contributed by atoms with Gasteiger partial charge in [0.25, 0.3) is 0 Å². The molecule has 1 saturated carbocycles. The highest BCUT2D eigenvalue weighted by molar-refractivity contribution is 9.09. The standard InChI is InChI=1S/C15H25Br/c1-11-13(12-6-4-5-7-12)8-9-15(2,3)14(11)10-16/h12-13H,4-10H2,1-3H3. The fraction of sp³-hybridized carbons (Fsp3) is 0.867. The molecule has 0 aromatic carbocycles. The Hall–Kier alpha value is 0.220. The van der Waals surface area contributed by atoms with Crippen LogP contribution >= 0.6 is 15.9 Å². The van der Waals surface area contributed by atoms with Crippen LogP contribution in [0, 0.1) is 17.3 Å². The maximum atomic E-state index is 3.71. The topological polar surface area (TPSA) is 0 Å². The van der Waals surface area contributed by atoms with Gasteiger partial charge in [0.05, 0.1) is 0 Å². The molecule has 92 valence electrons. The highest BCUT2D eigenvalue weighted by Gasteiger charge is 2.36. The summed E-state index contributed by atoms with van der Waals surface area (Å²) >= 11 is 3.71. The van der Waals surface area contributed by atoms with Gasteiger partial charge in [-0.05, 0) is 49.9 Å². The van der Waals surface area contributed by atoms with Crippen LogP contribution in [0.5, 0.6) is 0 Å². The first kappa shape index (κ1) is 12.7. The van der Waals surface area contributed by atoms with E-state index in [4.69, 9.17) is 0 Å². The maximum Gasteiger partial charge on any atom is 0.0249 e. The average molecular weight is 285 g/mol. The van der Waals surface area contributed by atoms with E-state index in [-0.39, 0.29) is 0 Å². The van der Waals surface area contributed by atoms with E-state index < -0.39 is 0 Å². The molecule has 0 radical (unpaired) electrons. The second-order valence-electron chi connectivity index (χ2n) is 6.37. The third-order valence-electron chi connectivity index (χ3n) is 5.03. The van der Waals surface area contributed by atoms with E-state index in [9.17, 15) is 0 Å². The van der Waals surface area contributed by atoms with Crippen molar-refractivity contribution >= 4 is 15.9 Å². The van der Waals surface area contributed by atoms with Crippen LogP contribution in [0.25, 0.3) is 0 Å². The molecule has 2 aliphatic carbocycles. The van der Waals surface area contributed by atoms with Gasteiger partial charge in [0.1, 0.15) is 0 Å². The van der Waals surface area contributed by atoms with E-state index >= 15 is 0 Å². The first-order chi connectivity index (χ1) is 7.56. The van der Waals surface area contributed by atoms with Crippen molar-refractivity contribution in [1.82, 2.24) is 0 Å². The molecule has 1 heteroatoms. The maximum absolute atomic E-state index is 3.71. The Morgan fingerprint density at radius 2 is 1.81 bits per heavy atom. The van der Waals surface area contributed by atoms with Crippen LogP contribution in [0.2, 0.25) is 0 Å². The van der Waals surface area contributed by atoms with Gasteiger partial charge in [-0.15, -0.1) is 0 Å². The number of allylic oxidation sites excluding steroid dienone is 2. The lowest BCUT2D eigenvalue weighted by molar-refractivity contribution is 0.265. The van der Waals surface area contributed by atoms with E-state index in [1.165, 1.54) is 38.5 Å². The number of halogens is 1. The molecule has 0 aromatic heterocycles. The van der Waals surface area contributed by atoms with Crippen molar-refractivity contribution in [3.05, 3.63) is 11.1 Å². The van der Waals surface area contributed by atoms with Crippen molar-refractivity contribution in [2.75, 3.05) is 5.33 Å². The Morgan fingerprint density at radius 1 is 1.19 bits per heavy atom. The third-order valence-corrected chi connectivity index (χ3v) is 5.59. The number of alkyl halides is 1. The molecule has 1 unspecified atom stereocenters. The molecule has 2 aliphatic rings. The largest absolute Gasteiger partial charge is 0.0880 e. The first-order valence-electron chi connectivity index (χ1n) is 6.82. The minimum absolute atomic E-state index is 0.433. The molecule has 0 heterocycles. The summed E-state index contributed by atoms with van der Waals surface area (Å²) < 4.78 is 0. The van der Waals surface area contributed by atoms with E-state index in [0.29, 0.717) is 5.41 Å². The van der Waals surface area contributed by atoms with E-state index in [1.807, 2.05) is 0 Å². The van der Waals surface area contributed by atoms with Crippen LogP contribution in [-0.2, 0) is 0 Å². The molecule has 0 aromatic rings. The molecule has 2 rings (SSSR count). The van der Waals surface area contributed by atoms with Gasteiger partial charge in [-0.2, -0.15) is 0 Å². The third kappa shape index (κ3) is 2.25. The molecule has 0 spiro atoms. The molecule has 0 saturated heterocycles. The van der Waals surface area contributed by atoms with Crippen LogP contribution < -0.4 is 0 Å². The van der Waals surface area contributed by atoms with Crippen molar-refractivity contribution in [2.24, 2.45) is 17.3 Å². The minimum Gasteiger partial charge on any atom is -0.0880 e. The lowest BCUT2D eigenvalue weighted by atomic mass is 9.66. The quantitative estimate of drug-likeness (QED) is 0.475. The van der Waals surface area contributed by atoms with Crippen molar-refractivity contribution in [2.45, 2.75) is 59.3 Å². The Bertz CT molecular complexity index is 282. The van der Waals surface area contributed by atoms with Crippen molar-refractivity contribution in [3.8, 4) is 0 Å². The minimum atomic E-state index is 0.433. The van der Waals surface area contributed by atoms with Gasteiger partial charge in [-0.1, -0.05) is 53.8 Å². The van der Waals surface area contributed by atoms with Crippen LogP contribution in [0.3, 0.4) is 0 Å². The molecule has 0 aliphatic heterocycles. The second-order valence-corrected chi connectivity index (χ2v) is 6.93. The smallest absolute Gasteiger partial charge is 0.0249 e. The summed E-state index contributed by atoms with van der Waals surface area (Å²) in [5.74, 6) is 1.91. The molecule has 0 N–H and O–H groups in total. The van der Waals surface area contributed by atoms with Gasteiger partial charge < -0.3 is 0 Å². The van der Waals surface area contributed by atoms with Gasteiger partial charge in [0, 0.05) is 5.33 Å². The van der Waals surface area contributed by atoms with Gasteiger partial charge in [-0.25, -0.2) is 0 Å². The Kier molecular flexibility index (Phi) is 3.83. The average Bonchev–Trinajstić information content (AvgIpc) is 2.70. The molecule has 1 atom stereocenters. The summed E-state index contributed by atoms with van der Waals surface area (Å²) in [7, 11) is 0. The highest BCUT2D eigenvalue weighted by atomic mass is 79.9. The molecule has 0 bridgehead atoms. The Balaban J connectivity index is 2.23. The summed E-state index contributed by atoms with van der Waals surface area (Å²) in [5.41, 5.74) is 3.85. The number of rotatable bonds is 2. The SMILES string of the molecule is CC1=C(CBr)C(C)(C)CCC1C1CCCC1. The number of hydrogen-bond donors (Lipinski definition) is 0. The Labute approximate surface area is 109 Å². The zero-order chi connectivity index (χ0) is 11.8. The summed E-state index contributed by atoms with van der Waals surface area (Å²) in [5, 5.41) is 1.08. The molecule has 1 fully saturated rings. The van der Waals surface area contributed by atoms with Crippen molar-refractivity contribution < 1.29 is 0 Å². The molecular formula is C15H25Br. The Morgan fingerprint density at radius 3 is 2.38 bits per heavy atom. The van der Waals surface area contributed by atoms with Gasteiger partial charge in [0.2, 0.25) is 0 Å². The summed E-state index contributed by atoms with van der Waals surface area (Å²) in [4.78, 5) is 0. The lowest BCUT2D eigenvalue weighted by Gasteiger charge is -2.40. The second kappa shape index (κ2) is 4.84. The predicted octanol–water partition coefficient (Wildman–Crippen LogP) is 5.32. The van der Waals surface area contributed by atoms with E-state index in [0.717, 1.165) is 17.2 Å².